The number of nitro groups is 1. The molecule has 0 atom stereocenters. The van der Waals surface area contributed by atoms with Crippen molar-refractivity contribution in [1.29, 1.82) is 0 Å². The van der Waals surface area contributed by atoms with E-state index in [-0.39, 0.29) is 11.4 Å². The zero-order valence-corrected chi connectivity index (χ0v) is 10.6. The Kier molecular flexibility index (Phi) is 4.53. The Bertz CT molecular complexity index is 543. The SMILES string of the molecule is Cc1cc(C)c([N+](=O)[O-])cc1NC(=O)OCC(F)(F)F. The maximum absolute atomic E-state index is 11.9. The maximum Gasteiger partial charge on any atom is 0.422 e. The highest BCUT2D eigenvalue weighted by atomic mass is 19.4. The van der Waals surface area contributed by atoms with Crippen LogP contribution in [-0.4, -0.2) is 23.8 Å². The van der Waals surface area contributed by atoms with Gasteiger partial charge in [0.05, 0.1) is 10.6 Å². The summed E-state index contributed by atoms with van der Waals surface area (Å²) in [5.41, 5.74) is 0.620. The Morgan fingerprint density at radius 2 is 1.95 bits per heavy atom. The summed E-state index contributed by atoms with van der Waals surface area (Å²) >= 11 is 0. The Morgan fingerprint density at radius 3 is 2.45 bits per heavy atom. The number of hydrogen-bond acceptors (Lipinski definition) is 4. The van der Waals surface area contributed by atoms with Gasteiger partial charge in [-0.05, 0) is 25.5 Å². The lowest BCUT2D eigenvalue weighted by Gasteiger charge is -2.11. The van der Waals surface area contributed by atoms with E-state index in [1.165, 1.54) is 13.0 Å². The average molecular weight is 292 g/mol. The number of anilines is 1. The van der Waals surface area contributed by atoms with E-state index in [1.54, 1.807) is 6.92 Å². The van der Waals surface area contributed by atoms with Crippen LogP contribution in [0, 0.1) is 24.0 Å². The predicted molar refractivity (Wildman–Crippen MR) is 63.6 cm³/mol. The summed E-state index contributed by atoms with van der Waals surface area (Å²) in [6.45, 7) is 1.33. The summed E-state index contributed by atoms with van der Waals surface area (Å²) in [5, 5.41) is 12.8. The fourth-order valence-corrected chi connectivity index (χ4v) is 1.47. The molecule has 0 heterocycles. The molecular weight excluding hydrogens is 281 g/mol. The minimum Gasteiger partial charge on any atom is -0.440 e. The van der Waals surface area contributed by atoms with E-state index >= 15 is 0 Å². The number of aryl methyl sites for hydroxylation is 2. The van der Waals surface area contributed by atoms with Crippen molar-refractivity contribution in [3.05, 3.63) is 33.4 Å². The molecule has 0 bridgehead atoms. The minimum absolute atomic E-state index is 0.0227. The third-order valence-electron chi connectivity index (χ3n) is 2.34. The van der Waals surface area contributed by atoms with Gasteiger partial charge in [-0.1, -0.05) is 0 Å². The molecule has 0 saturated carbocycles. The van der Waals surface area contributed by atoms with Crippen molar-refractivity contribution < 1.29 is 27.6 Å². The standard InChI is InChI=1S/C11H11F3N2O4/c1-6-3-7(2)9(16(18)19)4-8(6)15-10(17)20-5-11(12,13)14/h3-4H,5H2,1-2H3,(H,15,17). The minimum atomic E-state index is -4.63. The first-order valence-electron chi connectivity index (χ1n) is 5.36. The first-order chi connectivity index (χ1) is 9.10. The molecule has 0 fully saturated rings. The molecule has 0 aliphatic carbocycles. The summed E-state index contributed by atoms with van der Waals surface area (Å²) in [4.78, 5) is 21.3. The molecule has 0 radical (unpaired) electrons. The van der Waals surface area contributed by atoms with Gasteiger partial charge in [0.15, 0.2) is 6.61 Å². The molecule has 1 aromatic carbocycles. The van der Waals surface area contributed by atoms with Crippen LogP contribution >= 0.6 is 0 Å². The number of carbonyl (C=O) groups is 1. The maximum atomic E-state index is 11.9. The van der Waals surface area contributed by atoms with Crippen LogP contribution in [0.3, 0.4) is 0 Å². The Hall–Kier alpha value is -2.32. The Morgan fingerprint density at radius 1 is 1.35 bits per heavy atom. The van der Waals surface area contributed by atoms with Gasteiger partial charge in [-0.3, -0.25) is 15.4 Å². The molecule has 1 aromatic rings. The van der Waals surface area contributed by atoms with Gasteiger partial charge in [0.2, 0.25) is 0 Å². The summed E-state index contributed by atoms with van der Waals surface area (Å²) < 4.78 is 39.5. The largest absolute Gasteiger partial charge is 0.440 e. The topological polar surface area (TPSA) is 81.5 Å². The third kappa shape index (κ3) is 4.41. The van der Waals surface area contributed by atoms with Crippen LogP contribution < -0.4 is 5.32 Å². The number of ether oxygens (including phenoxy) is 1. The highest BCUT2D eigenvalue weighted by molar-refractivity contribution is 5.86. The number of benzene rings is 1. The van der Waals surface area contributed by atoms with Crippen LogP contribution in [0.25, 0.3) is 0 Å². The molecule has 0 aromatic heterocycles. The second-order valence-corrected chi connectivity index (χ2v) is 4.03. The number of nitro benzene ring substituents is 1. The van der Waals surface area contributed by atoms with Gasteiger partial charge in [0.1, 0.15) is 0 Å². The molecule has 20 heavy (non-hydrogen) atoms. The van der Waals surface area contributed by atoms with Crippen molar-refractivity contribution in [3.63, 3.8) is 0 Å². The van der Waals surface area contributed by atoms with Gasteiger partial charge in [-0.25, -0.2) is 4.79 Å². The van der Waals surface area contributed by atoms with Crippen LogP contribution in [0.1, 0.15) is 11.1 Å². The second kappa shape index (κ2) is 5.76. The van der Waals surface area contributed by atoms with Crippen molar-refractivity contribution in [1.82, 2.24) is 0 Å². The number of rotatable bonds is 3. The number of nitrogens with one attached hydrogen (secondary N) is 1. The quantitative estimate of drug-likeness (QED) is 0.684. The average Bonchev–Trinajstić information content (AvgIpc) is 2.28. The monoisotopic (exact) mass is 292 g/mol. The normalized spacial score (nSPS) is 11.1. The summed E-state index contributed by atoms with van der Waals surface area (Å²) in [6.07, 6.45) is -5.96. The van der Waals surface area contributed by atoms with Crippen molar-refractivity contribution >= 4 is 17.5 Å². The van der Waals surface area contributed by atoms with E-state index in [2.05, 4.69) is 4.74 Å². The number of alkyl halides is 3. The lowest BCUT2D eigenvalue weighted by molar-refractivity contribution is -0.385. The van der Waals surface area contributed by atoms with Gasteiger partial charge in [0.25, 0.3) is 5.69 Å². The number of carbonyl (C=O) groups excluding carboxylic acids is 1. The fourth-order valence-electron chi connectivity index (χ4n) is 1.47. The van der Waals surface area contributed by atoms with Crippen molar-refractivity contribution in [2.75, 3.05) is 11.9 Å². The second-order valence-electron chi connectivity index (χ2n) is 4.03. The molecule has 0 aliphatic heterocycles. The Balaban J connectivity index is 2.85. The number of halogens is 3. The van der Waals surface area contributed by atoms with Crippen LogP contribution in [0.5, 0.6) is 0 Å². The lowest BCUT2D eigenvalue weighted by Crippen LogP contribution is -2.23. The van der Waals surface area contributed by atoms with Crippen LogP contribution in [-0.2, 0) is 4.74 Å². The zero-order chi connectivity index (χ0) is 15.5. The molecule has 110 valence electrons. The van der Waals surface area contributed by atoms with Gasteiger partial charge < -0.3 is 4.74 Å². The zero-order valence-electron chi connectivity index (χ0n) is 10.6. The molecule has 1 N–H and O–H groups in total. The Labute approximate surface area is 111 Å². The van der Waals surface area contributed by atoms with E-state index < -0.39 is 23.8 Å². The van der Waals surface area contributed by atoms with Gasteiger partial charge in [0, 0.05) is 11.6 Å². The van der Waals surface area contributed by atoms with Crippen molar-refractivity contribution in [2.45, 2.75) is 20.0 Å². The number of amides is 1. The van der Waals surface area contributed by atoms with E-state index in [0.29, 0.717) is 11.1 Å². The third-order valence-corrected chi connectivity index (χ3v) is 2.34. The fraction of sp³-hybridized carbons (Fsp3) is 0.364. The van der Waals surface area contributed by atoms with Gasteiger partial charge >= 0.3 is 12.3 Å². The van der Waals surface area contributed by atoms with Crippen molar-refractivity contribution in [3.8, 4) is 0 Å². The molecule has 1 amide bonds. The highest BCUT2D eigenvalue weighted by Gasteiger charge is 2.29. The van der Waals surface area contributed by atoms with Crippen LogP contribution in [0.4, 0.5) is 29.3 Å². The molecule has 1 rings (SSSR count). The van der Waals surface area contributed by atoms with E-state index in [4.69, 9.17) is 0 Å². The molecule has 0 unspecified atom stereocenters. The molecule has 0 saturated heterocycles. The summed E-state index contributed by atoms with van der Waals surface area (Å²) in [7, 11) is 0. The van der Waals surface area contributed by atoms with Gasteiger partial charge in [-0.15, -0.1) is 0 Å². The van der Waals surface area contributed by atoms with E-state index in [9.17, 15) is 28.1 Å². The van der Waals surface area contributed by atoms with Crippen molar-refractivity contribution in [2.24, 2.45) is 0 Å². The van der Waals surface area contributed by atoms with Crippen LogP contribution in [0.15, 0.2) is 12.1 Å². The highest BCUT2D eigenvalue weighted by Crippen LogP contribution is 2.26. The van der Waals surface area contributed by atoms with E-state index in [1.807, 2.05) is 5.32 Å². The molecular formula is C11H11F3N2O4. The first-order valence-corrected chi connectivity index (χ1v) is 5.36. The smallest absolute Gasteiger partial charge is 0.422 e. The molecule has 0 aliphatic rings. The predicted octanol–water partition coefficient (Wildman–Crippen LogP) is 3.32. The summed E-state index contributed by atoms with van der Waals surface area (Å²) in [6, 6.07) is 2.51. The van der Waals surface area contributed by atoms with Crippen LogP contribution in [0.2, 0.25) is 0 Å². The van der Waals surface area contributed by atoms with Gasteiger partial charge in [-0.2, -0.15) is 13.2 Å². The number of nitrogens with zero attached hydrogens (tertiary/aromatic N) is 1. The first kappa shape index (κ1) is 15.7. The lowest BCUT2D eigenvalue weighted by atomic mass is 10.1. The molecule has 9 heteroatoms. The summed E-state index contributed by atoms with van der Waals surface area (Å²) in [5.74, 6) is 0. The molecule has 6 nitrogen and oxygen atoms in total. The van der Waals surface area contributed by atoms with E-state index in [0.717, 1.165) is 6.07 Å². The number of hydrogen-bond donors (Lipinski definition) is 1. The molecule has 0 spiro atoms.